The van der Waals surface area contributed by atoms with E-state index in [1.54, 1.807) is 0 Å². The van der Waals surface area contributed by atoms with Gasteiger partial charge in [0.05, 0.1) is 16.6 Å². The first kappa shape index (κ1) is 14.0. The standard InChI is InChI=1S/C16H20O3S/c1-12-8-9-13-10-15(12)18-19-16(13,2)11-20(17)14-6-4-3-5-7-14/h3-7,13,15H,1,8-11H2,2H3/t13-,15-,16-,20?/m0/s1. The van der Waals surface area contributed by atoms with E-state index < -0.39 is 16.4 Å². The fourth-order valence-electron chi connectivity index (χ4n) is 3.02. The van der Waals surface area contributed by atoms with Gasteiger partial charge in [-0.1, -0.05) is 24.8 Å². The van der Waals surface area contributed by atoms with E-state index in [2.05, 4.69) is 6.58 Å². The molecule has 1 aromatic rings. The van der Waals surface area contributed by atoms with Crippen LogP contribution in [0.1, 0.15) is 26.2 Å². The van der Waals surface area contributed by atoms with E-state index in [-0.39, 0.29) is 6.10 Å². The predicted molar refractivity (Wildman–Crippen MR) is 78.6 cm³/mol. The Balaban J connectivity index is 1.73. The van der Waals surface area contributed by atoms with Crippen LogP contribution >= 0.6 is 0 Å². The van der Waals surface area contributed by atoms with Crippen LogP contribution in [0.3, 0.4) is 0 Å². The van der Waals surface area contributed by atoms with Crippen LogP contribution in [0.25, 0.3) is 0 Å². The average molecular weight is 292 g/mol. The zero-order chi connectivity index (χ0) is 14.2. The molecule has 1 aliphatic heterocycles. The SMILES string of the molecule is C=C1CC[C@H]2C[C@@H]1OO[C@@]2(C)CS(=O)c1ccccc1. The topological polar surface area (TPSA) is 35.5 Å². The Morgan fingerprint density at radius 3 is 2.90 bits per heavy atom. The van der Waals surface area contributed by atoms with Crippen LogP contribution in [0, 0.1) is 5.92 Å². The summed E-state index contributed by atoms with van der Waals surface area (Å²) in [5, 5.41) is 0. The van der Waals surface area contributed by atoms with Crippen LogP contribution in [0.15, 0.2) is 47.4 Å². The number of rotatable bonds is 3. The molecule has 20 heavy (non-hydrogen) atoms. The molecule has 4 heteroatoms. The van der Waals surface area contributed by atoms with Gasteiger partial charge in [0.15, 0.2) is 0 Å². The lowest BCUT2D eigenvalue weighted by atomic mass is 9.75. The quantitative estimate of drug-likeness (QED) is 0.634. The second-order valence-corrected chi connectivity index (χ2v) is 7.36. The van der Waals surface area contributed by atoms with Crippen molar-refractivity contribution in [1.82, 2.24) is 0 Å². The second kappa shape index (κ2) is 5.43. The molecule has 0 aromatic heterocycles. The largest absolute Gasteiger partial charge is 0.254 e. The third kappa shape index (κ3) is 2.60. The molecule has 1 saturated carbocycles. The summed E-state index contributed by atoms with van der Waals surface area (Å²) in [4.78, 5) is 12.0. The Hall–Kier alpha value is -0.970. The highest BCUT2D eigenvalue weighted by Crippen LogP contribution is 2.43. The molecule has 2 bridgehead atoms. The number of benzene rings is 1. The van der Waals surface area contributed by atoms with Gasteiger partial charge in [0.1, 0.15) is 11.7 Å². The van der Waals surface area contributed by atoms with Crippen LogP contribution in [0.5, 0.6) is 0 Å². The zero-order valence-electron chi connectivity index (χ0n) is 11.7. The summed E-state index contributed by atoms with van der Waals surface area (Å²) in [5.41, 5.74) is 0.644. The maximum absolute atomic E-state index is 12.5. The minimum atomic E-state index is -1.07. The summed E-state index contributed by atoms with van der Waals surface area (Å²) in [6.07, 6.45) is 2.97. The summed E-state index contributed by atoms with van der Waals surface area (Å²) in [7, 11) is -1.07. The van der Waals surface area contributed by atoms with E-state index in [4.69, 9.17) is 9.78 Å². The maximum Gasteiger partial charge on any atom is 0.115 e. The second-order valence-electron chi connectivity index (χ2n) is 5.91. The number of fused-ring (bicyclic) bond motifs is 2. The molecule has 3 nitrogen and oxygen atoms in total. The van der Waals surface area contributed by atoms with Crippen molar-refractivity contribution >= 4 is 10.8 Å². The third-order valence-electron chi connectivity index (χ3n) is 4.41. The van der Waals surface area contributed by atoms with Gasteiger partial charge >= 0.3 is 0 Å². The van der Waals surface area contributed by atoms with Gasteiger partial charge in [0.25, 0.3) is 0 Å². The molecule has 0 amide bonds. The van der Waals surface area contributed by atoms with Gasteiger partial charge in [-0.15, -0.1) is 0 Å². The van der Waals surface area contributed by atoms with E-state index in [0.717, 1.165) is 29.7 Å². The first-order valence-electron chi connectivity index (χ1n) is 7.04. The van der Waals surface area contributed by atoms with Gasteiger partial charge in [-0.25, -0.2) is 9.78 Å². The van der Waals surface area contributed by atoms with Crippen molar-refractivity contribution in [3.63, 3.8) is 0 Å². The summed E-state index contributed by atoms with van der Waals surface area (Å²) in [6.45, 7) is 6.04. The Kier molecular flexibility index (Phi) is 3.80. The highest BCUT2D eigenvalue weighted by molar-refractivity contribution is 7.85. The van der Waals surface area contributed by atoms with Crippen LogP contribution < -0.4 is 0 Å². The molecule has 108 valence electrons. The normalized spacial score (nSPS) is 34.8. The lowest BCUT2D eigenvalue weighted by Gasteiger charge is -2.46. The molecule has 3 rings (SSSR count). The highest BCUT2D eigenvalue weighted by atomic mass is 32.2. The fourth-order valence-corrected chi connectivity index (χ4v) is 4.45. The van der Waals surface area contributed by atoms with Crippen molar-refractivity contribution in [1.29, 1.82) is 0 Å². The molecule has 1 unspecified atom stereocenters. The van der Waals surface area contributed by atoms with E-state index in [9.17, 15) is 4.21 Å². The van der Waals surface area contributed by atoms with Gasteiger partial charge in [-0.05, 0) is 49.8 Å². The van der Waals surface area contributed by atoms with E-state index in [0.29, 0.717) is 11.7 Å². The van der Waals surface area contributed by atoms with Crippen molar-refractivity contribution in [2.45, 2.75) is 42.8 Å². The average Bonchev–Trinajstić information content (AvgIpc) is 2.47. The predicted octanol–water partition coefficient (Wildman–Crippen LogP) is 3.24. The first-order chi connectivity index (χ1) is 9.58. The maximum atomic E-state index is 12.5. The van der Waals surface area contributed by atoms with Gasteiger partial charge in [0, 0.05) is 4.90 Å². The molecule has 2 fully saturated rings. The molecule has 0 spiro atoms. The van der Waals surface area contributed by atoms with E-state index >= 15 is 0 Å². The molecular formula is C16H20O3S. The Labute approximate surface area is 122 Å². The van der Waals surface area contributed by atoms with Gasteiger partial charge in [-0.2, -0.15) is 0 Å². The summed E-state index contributed by atoms with van der Waals surface area (Å²) in [5.74, 6) is 0.861. The summed E-state index contributed by atoms with van der Waals surface area (Å²) < 4.78 is 12.5. The number of hydrogen-bond donors (Lipinski definition) is 0. The van der Waals surface area contributed by atoms with Gasteiger partial charge < -0.3 is 0 Å². The Morgan fingerprint density at radius 1 is 1.40 bits per heavy atom. The van der Waals surface area contributed by atoms with Crippen LogP contribution in [0.4, 0.5) is 0 Å². The van der Waals surface area contributed by atoms with Gasteiger partial charge in [-0.3, -0.25) is 4.21 Å². The molecule has 4 atom stereocenters. The van der Waals surface area contributed by atoms with Gasteiger partial charge in [0.2, 0.25) is 0 Å². The first-order valence-corrected chi connectivity index (χ1v) is 8.36. The minimum Gasteiger partial charge on any atom is -0.254 e. The van der Waals surface area contributed by atoms with Crippen molar-refractivity contribution in [2.75, 3.05) is 5.75 Å². The van der Waals surface area contributed by atoms with Crippen molar-refractivity contribution in [3.8, 4) is 0 Å². The molecule has 1 saturated heterocycles. The van der Waals surface area contributed by atoms with Crippen LogP contribution in [-0.4, -0.2) is 21.7 Å². The van der Waals surface area contributed by atoms with Crippen LogP contribution in [-0.2, 0) is 20.6 Å². The monoisotopic (exact) mass is 292 g/mol. The molecule has 0 radical (unpaired) electrons. The Morgan fingerprint density at radius 2 is 2.15 bits per heavy atom. The molecule has 1 heterocycles. The highest BCUT2D eigenvalue weighted by Gasteiger charge is 2.46. The molecule has 1 aromatic carbocycles. The van der Waals surface area contributed by atoms with E-state index in [1.807, 2.05) is 37.3 Å². The fraction of sp³-hybridized carbons (Fsp3) is 0.500. The van der Waals surface area contributed by atoms with Crippen molar-refractivity contribution in [2.24, 2.45) is 5.92 Å². The zero-order valence-corrected chi connectivity index (χ0v) is 12.5. The smallest absolute Gasteiger partial charge is 0.115 e. The minimum absolute atomic E-state index is 0.0204. The summed E-state index contributed by atoms with van der Waals surface area (Å²) >= 11 is 0. The van der Waals surface area contributed by atoms with E-state index in [1.165, 1.54) is 0 Å². The Bertz CT molecular complexity index is 528. The lowest BCUT2D eigenvalue weighted by Crippen LogP contribution is -2.51. The van der Waals surface area contributed by atoms with Crippen LogP contribution in [0.2, 0.25) is 0 Å². The third-order valence-corrected chi connectivity index (χ3v) is 6.04. The molecule has 0 N–H and O–H groups in total. The van der Waals surface area contributed by atoms with Crippen molar-refractivity contribution < 1.29 is 14.0 Å². The molecule has 2 aliphatic rings. The molecular weight excluding hydrogens is 272 g/mol. The molecule has 1 aliphatic carbocycles. The van der Waals surface area contributed by atoms with Crippen molar-refractivity contribution in [3.05, 3.63) is 42.5 Å². The summed E-state index contributed by atoms with van der Waals surface area (Å²) in [6, 6.07) is 9.55. The lowest BCUT2D eigenvalue weighted by molar-refractivity contribution is -0.411. The number of hydrogen-bond acceptors (Lipinski definition) is 3.